The van der Waals surface area contributed by atoms with Crippen molar-refractivity contribution in [1.82, 2.24) is 19.3 Å². The predicted octanol–water partition coefficient (Wildman–Crippen LogP) is 3.34. The van der Waals surface area contributed by atoms with Crippen molar-refractivity contribution < 1.29 is 0 Å². The molecule has 3 heterocycles. The predicted molar refractivity (Wildman–Crippen MR) is 83.8 cm³/mol. The van der Waals surface area contributed by atoms with Crippen LogP contribution < -0.4 is 0 Å². The van der Waals surface area contributed by atoms with E-state index >= 15 is 0 Å². The molecule has 0 amide bonds. The summed E-state index contributed by atoms with van der Waals surface area (Å²) in [5.41, 5.74) is 3.29. The van der Waals surface area contributed by atoms with Crippen LogP contribution in [0.3, 0.4) is 0 Å². The quantitative estimate of drug-likeness (QED) is 0.843. The molecule has 1 aliphatic heterocycles. The number of piperidine rings is 1. The van der Waals surface area contributed by atoms with E-state index in [9.17, 15) is 0 Å². The lowest BCUT2D eigenvalue weighted by Gasteiger charge is -2.30. The van der Waals surface area contributed by atoms with Crippen molar-refractivity contribution in [2.24, 2.45) is 5.92 Å². The van der Waals surface area contributed by atoms with Gasteiger partial charge in [0, 0.05) is 24.5 Å². The van der Waals surface area contributed by atoms with E-state index in [2.05, 4.69) is 50.1 Å². The maximum Gasteiger partial charge on any atom is 0.235 e. The Bertz CT molecular complexity index is 634. The van der Waals surface area contributed by atoms with E-state index in [4.69, 9.17) is 4.98 Å². The van der Waals surface area contributed by atoms with Crippen molar-refractivity contribution in [3.63, 3.8) is 0 Å². The molecule has 1 fully saturated rings. The average molecular weight is 337 g/mol. The maximum absolute atomic E-state index is 4.72. The average Bonchev–Trinajstić information content (AvgIpc) is 2.66. The molecule has 4 nitrogen and oxygen atoms in total. The highest BCUT2D eigenvalue weighted by atomic mass is 79.9. The van der Waals surface area contributed by atoms with Crippen LogP contribution in [-0.2, 0) is 6.54 Å². The van der Waals surface area contributed by atoms with Gasteiger partial charge < -0.3 is 0 Å². The zero-order chi connectivity index (χ0) is 14.3. The summed E-state index contributed by atoms with van der Waals surface area (Å²) in [6.45, 7) is 9.71. The van der Waals surface area contributed by atoms with Crippen LogP contribution in [0.2, 0.25) is 0 Å². The first-order valence-electron chi connectivity index (χ1n) is 7.28. The van der Waals surface area contributed by atoms with Crippen molar-refractivity contribution in [1.29, 1.82) is 0 Å². The smallest absolute Gasteiger partial charge is 0.235 e. The lowest BCUT2D eigenvalue weighted by molar-refractivity contribution is 0.175. The van der Waals surface area contributed by atoms with Gasteiger partial charge in [-0.1, -0.05) is 6.92 Å². The number of nitrogens with zero attached hydrogens (tertiary/aromatic N) is 4. The lowest BCUT2D eigenvalue weighted by atomic mass is 10.0. The Morgan fingerprint density at radius 3 is 2.90 bits per heavy atom. The first-order chi connectivity index (χ1) is 9.54. The van der Waals surface area contributed by atoms with E-state index in [1.807, 2.05) is 6.92 Å². The fourth-order valence-electron chi connectivity index (χ4n) is 3.12. The second kappa shape index (κ2) is 5.45. The summed E-state index contributed by atoms with van der Waals surface area (Å²) in [4.78, 5) is 11.7. The Morgan fingerprint density at radius 1 is 1.35 bits per heavy atom. The van der Waals surface area contributed by atoms with E-state index in [1.165, 1.54) is 31.6 Å². The van der Waals surface area contributed by atoms with Crippen LogP contribution in [0.15, 0.2) is 10.7 Å². The third kappa shape index (κ3) is 2.61. The standard InChI is InChI=1S/C15H21BrN4/c1-10-5-4-6-19(8-10)9-13-14(16)20-12(3)7-11(2)17-15(20)18-13/h7,10H,4-6,8-9H2,1-3H3/t10-/m1/s1. The molecule has 2 aromatic rings. The van der Waals surface area contributed by atoms with Crippen LogP contribution in [-0.4, -0.2) is 32.4 Å². The van der Waals surface area contributed by atoms with Gasteiger partial charge in [0.25, 0.3) is 0 Å². The third-order valence-electron chi connectivity index (χ3n) is 4.03. The Morgan fingerprint density at radius 2 is 2.15 bits per heavy atom. The summed E-state index contributed by atoms with van der Waals surface area (Å²) in [6.07, 6.45) is 2.64. The normalized spacial score (nSPS) is 20.7. The Labute approximate surface area is 128 Å². The maximum atomic E-state index is 4.72. The van der Waals surface area contributed by atoms with Crippen LogP contribution >= 0.6 is 15.9 Å². The monoisotopic (exact) mass is 336 g/mol. The van der Waals surface area contributed by atoms with E-state index in [1.54, 1.807) is 0 Å². The van der Waals surface area contributed by atoms with Gasteiger partial charge in [0.05, 0.1) is 5.69 Å². The molecule has 0 radical (unpaired) electrons. The van der Waals surface area contributed by atoms with Crippen LogP contribution in [0.25, 0.3) is 5.78 Å². The molecular weight excluding hydrogens is 316 g/mol. The summed E-state index contributed by atoms with van der Waals surface area (Å²) < 4.78 is 3.14. The van der Waals surface area contributed by atoms with Crippen molar-refractivity contribution in [2.45, 2.75) is 40.2 Å². The molecule has 0 N–H and O–H groups in total. The van der Waals surface area contributed by atoms with Gasteiger partial charge in [0.15, 0.2) is 0 Å². The summed E-state index contributed by atoms with van der Waals surface area (Å²) >= 11 is 3.70. The minimum absolute atomic E-state index is 0.793. The van der Waals surface area contributed by atoms with E-state index in [0.29, 0.717) is 0 Å². The largest absolute Gasteiger partial charge is 0.297 e. The van der Waals surface area contributed by atoms with Gasteiger partial charge in [0.1, 0.15) is 4.60 Å². The Kier molecular flexibility index (Phi) is 3.82. The van der Waals surface area contributed by atoms with E-state index in [-0.39, 0.29) is 0 Å². The molecule has 1 aliphatic rings. The molecule has 108 valence electrons. The summed E-state index contributed by atoms with van der Waals surface area (Å²) in [6, 6.07) is 2.09. The van der Waals surface area contributed by atoms with Crippen molar-refractivity contribution >= 4 is 21.7 Å². The number of fused-ring (bicyclic) bond motifs is 1. The summed E-state index contributed by atoms with van der Waals surface area (Å²) in [5, 5.41) is 0. The molecule has 0 spiro atoms. The number of halogens is 1. The number of hydrogen-bond acceptors (Lipinski definition) is 3. The van der Waals surface area contributed by atoms with Gasteiger partial charge in [0.2, 0.25) is 5.78 Å². The fraction of sp³-hybridized carbons (Fsp3) is 0.600. The third-order valence-corrected chi connectivity index (χ3v) is 4.84. The van der Waals surface area contributed by atoms with Crippen molar-refractivity contribution in [3.8, 4) is 0 Å². The molecule has 0 unspecified atom stereocenters. The van der Waals surface area contributed by atoms with Gasteiger partial charge in [-0.15, -0.1) is 0 Å². The number of imidazole rings is 1. The molecule has 0 aliphatic carbocycles. The highest BCUT2D eigenvalue weighted by molar-refractivity contribution is 9.10. The highest BCUT2D eigenvalue weighted by Gasteiger charge is 2.20. The zero-order valence-electron chi connectivity index (χ0n) is 12.4. The van der Waals surface area contributed by atoms with Crippen LogP contribution in [0.4, 0.5) is 0 Å². The molecule has 1 atom stereocenters. The van der Waals surface area contributed by atoms with Crippen LogP contribution in [0.5, 0.6) is 0 Å². The number of rotatable bonds is 2. The summed E-state index contributed by atoms with van der Waals surface area (Å²) in [7, 11) is 0. The number of aryl methyl sites for hydroxylation is 2. The minimum atomic E-state index is 0.793. The molecule has 0 saturated carbocycles. The van der Waals surface area contributed by atoms with Crippen LogP contribution in [0.1, 0.15) is 36.8 Å². The molecule has 1 saturated heterocycles. The molecule has 2 aromatic heterocycles. The first kappa shape index (κ1) is 14.0. The number of hydrogen-bond donors (Lipinski definition) is 0. The minimum Gasteiger partial charge on any atom is -0.297 e. The van der Waals surface area contributed by atoms with Gasteiger partial charge in [-0.3, -0.25) is 9.30 Å². The number of likely N-dealkylation sites (tertiary alicyclic amines) is 1. The SMILES string of the molecule is Cc1cc(C)n2c(Br)c(CN3CCC[C@@H](C)C3)nc2n1. The first-order valence-corrected chi connectivity index (χ1v) is 8.07. The molecule has 0 aromatic carbocycles. The molecule has 20 heavy (non-hydrogen) atoms. The van der Waals surface area contributed by atoms with Gasteiger partial charge >= 0.3 is 0 Å². The van der Waals surface area contributed by atoms with Gasteiger partial charge in [-0.25, -0.2) is 9.97 Å². The zero-order valence-corrected chi connectivity index (χ0v) is 13.9. The van der Waals surface area contributed by atoms with E-state index < -0.39 is 0 Å². The van der Waals surface area contributed by atoms with Crippen molar-refractivity contribution in [2.75, 3.05) is 13.1 Å². The molecule has 5 heteroatoms. The second-order valence-corrected chi connectivity index (χ2v) is 6.76. The van der Waals surface area contributed by atoms with Crippen LogP contribution in [0, 0.1) is 19.8 Å². The highest BCUT2D eigenvalue weighted by Crippen LogP contribution is 2.24. The molecule has 3 rings (SSSR count). The Hall–Kier alpha value is -0.940. The fourth-order valence-corrected chi connectivity index (χ4v) is 3.77. The van der Waals surface area contributed by atoms with Gasteiger partial charge in [-0.2, -0.15) is 0 Å². The number of aromatic nitrogens is 3. The topological polar surface area (TPSA) is 33.4 Å². The van der Waals surface area contributed by atoms with Crippen molar-refractivity contribution in [3.05, 3.63) is 27.8 Å². The summed E-state index contributed by atoms with van der Waals surface area (Å²) in [5.74, 6) is 1.59. The van der Waals surface area contributed by atoms with E-state index in [0.717, 1.165) is 34.2 Å². The molecule has 0 bridgehead atoms. The molecular formula is C15H21BrN4. The lowest BCUT2D eigenvalue weighted by Crippen LogP contribution is -2.33. The Balaban J connectivity index is 1.92. The van der Waals surface area contributed by atoms with Gasteiger partial charge in [-0.05, 0) is 61.1 Å². The second-order valence-electron chi connectivity index (χ2n) is 6.01.